The third-order valence-corrected chi connectivity index (χ3v) is 5.23. The number of sulfone groups is 1. The van der Waals surface area contributed by atoms with Gasteiger partial charge in [0.25, 0.3) is 0 Å². The van der Waals surface area contributed by atoms with Crippen LogP contribution in [0.5, 0.6) is 0 Å². The van der Waals surface area contributed by atoms with Gasteiger partial charge in [-0.2, -0.15) is 0 Å². The largest absolute Gasteiger partial charge is 0.369 e. The van der Waals surface area contributed by atoms with Crippen LogP contribution in [-0.4, -0.2) is 39.6 Å². The Balaban J connectivity index is 0.00000200. The van der Waals surface area contributed by atoms with Gasteiger partial charge in [-0.15, -0.1) is 12.4 Å². The molecule has 1 aromatic carbocycles. The Kier molecular flexibility index (Phi) is 6.79. The molecule has 0 spiro atoms. The van der Waals surface area contributed by atoms with Gasteiger partial charge in [-0.3, -0.25) is 0 Å². The lowest BCUT2D eigenvalue weighted by Crippen LogP contribution is -2.33. The molecule has 0 unspecified atom stereocenters. The van der Waals surface area contributed by atoms with E-state index in [9.17, 15) is 8.42 Å². The second-order valence-corrected chi connectivity index (χ2v) is 7.25. The highest BCUT2D eigenvalue weighted by Crippen LogP contribution is 2.21. The molecule has 114 valence electrons. The fourth-order valence-electron chi connectivity index (χ4n) is 2.42. The lowest BCUT2D eigenvalue weighted by Gasteiger charge is -2.24. The number of nitrogens with one attached hydrogen (secondary N) is 1. The van der Waals surface area contributed by atoms with Crippen molar-refractivity contribution in [1.82, 2.24) is 5.32 Å². The number of halogens is 1. The number of nitrogens with zero attached hydrogens (tertiary/aromatic N) is 1. The summed E-state index contributed by atoms with van der Waals surface area (Å²) >= 11 is 0. The van der Waals surface area contributed by atoms with Crippen molar-refractivity contribution < 1.29 is 8.42 Å². The number of fused-ring (bicyclic) bond motifs is 1. The van der Waals surface area contributed by atoms with E-state index in [-0.39, 0.29) is 18.2 Å². The molecule has 1 aliphatic heterocycles. The normalized spacial score (nSPS) is 15.2. The predicted molar refractivity (Wildman–Crippen MR) is 86.6 cm³/mol. The van der Waals surface area contributed by atoms with E-state index in [1.54, 1.807) is 0 Å². The monoisotopic (exact) mass is 318 g/mol. The van der Waals surface area contributed by atoms with Crippen molar-refractivity contribution in [3.05, 3.63) is 29.8 Å². The van der Waals surface area contributed by atoms with Crippen LogP contribution in [0.15, 0.2) is 24.3 Å². The molecule has 0 aromatic heterocycles. The maximum absolute atomic E-state index is 11.8. The summed E-state index contributed by atoms with van der Waals surface area (Å²) in [7, 11) is -2.91. The molecule has 1 N–H and O–H groups in total. The number of hydrogen-bond acceptors (Lipinski definition) is 4. The first-order chi connectivity index (χ1) is 9.12. The molecule has 0 aliphatic carbocycles. The molecular formula is C14H23ClN2O2S. The summed E-state index contributed by atoms with van der Waals surface area (Å²) in [6, 6.07) is 8.21. The highest BCUT2D eigenvalue weighted by Gasteiger charge is 2.17. The Morgan fingerprint density at radius 2 is 2.00 bits per heavy atom. The molecule has 0 fully saturated rings. The van der Waals surface area contributed by atoms with Crippen LogP contribution in [0.1, 0.15) is 18.9 Å². The average Bonchev–Trinajstić information content (AvgIpc) is 2.58. The number of benzene rings is 1. The summed E-state index contributed by atoms with van der Waals surface area (Å²) in [5.41, 5.74) is 2.41. The Hall–Kier alpha value is -0.780. The van der Waals surface area contributed by atoms with E-state index in [2.05, 4.69) is 22.3 Å². The van der Waals surface area contributed by atoms with Crippen LogP contribution in [0.2, 0.25) is 0 Å². The van der Waals surface area contributed by atoms with Gasteiger partial charge < -0.3 is 10.2 Å². The zero-order chi connectivity index (χ0) is 13.7. The van der Waals surface area contributed by atoms with Gasteiger partial charge in [0.05, 0.1) is 5.75 Å². The SMILES string of the molecule is CCCS(=O)(=O)CCN1CCNCc2ccccc21.Cl. The summed E-state index contributed by atoms with van der Waals surface area (Å²) < 4.78 is 23.7. The number of hydrogen-bond donors (Lipinski definition) is 1. The van der Waals surface area contributed by atoms with Gasteiger partial charge in [0.15, 0.2) is 9.84 Å². The summed E-state index contributed by atoms with van der Waals surface area (Å²) in [4.78, 5) is 2.18. The van der Waals surface area contributed by atoms with E-state index in [0.29, 0.717) is 18.7 Å². The first-order valence-electron chi connectivity index (χ1n) is 6.86. The van der Waals surface area contributed by atoms with Gasteiger partial charge in [-0.1, -0.05) is 25.1 Å². The maximum atomic E-state index is 11.8. The van der Waals surface area contributed by atoms with Gasteiger partial charge in [0.2, 0.25) is 0 Å². The van der Waals surface area contributed by atoms with Crippen LogP contribution in [-0.2, 0) is 16.4 Å². The second kappa shape index (κ2) is 7.86. The molecule has 2 rings (SSSR count). The van der Waals surface area contributed by atoms with E-state index < -0.39 is 9.84 Å². The van der Waals surface area contributed by atoms with E-state index in [4.69, 9.17) is 0 Å². The minimum Gasteiger partial charge on any atom is -0.369 e. The van der Waals surface area contributed by atoms with E-state index >= 15 is 0 Å². The summed E-state index contributed by atoms with van der Waals surface area (Å²) in [5.74, 6) is 0.538. The lowest BCUT2D eigenvalue weighted by atomic mass is 10.1. The van der Waals surface area contributed by atoms with Crippen LogP contribution in [0, 0.1) is 0 Å². The third kappa shape index (κ3) is 4.65. The van der Waals surface area contributed by atoms with Crippen molar-refractivity contribution in [2.24, 2.45) is 0 Å². The summed E-state index contributed by atoms with van der Waals surface area (Å²) in [5, 5.41) is 3.36. The Labute approximate surface area is 127 Å². The molecule has 1 aliphatic rings. The smallest absolute Gasteiger partial charge is 0.152 e. The molecular weight excluding hydrogens is 296 g/mol. The Morgan fingerprint density at radius 1 is 1.25 bits per heavy atom. The molecule has 0 atom stereocenters. The van der Waals surface area contributed by atoms with Gasteiger partial charge in [-0.25, -0.2) is 8.42 Å². The van der Waals surface area contributed by atoms with Gasteiger partial charge in [-0.05, 0) is 18.1 Å². The number of rotatable bonds is 5. The molecule has 1 aromatic rings. The van der Waals surface area contributed by atoms with Gasteiger partial charge in [0.1, 0.15) is 0 Å². The molecule has 0 saturated carbocycles. The van der Waals surface area contributed by atoms with E-state index in [1.807, 2.05) is 19.1 Å². The minimum atomic E-state index is -2.91. The number of anilines is 1. The van der Waals surface area contributed by atoms with Crippen LogP contribution in [0.4, 0.5) is 5.69 Å². The minimum absolute atomic E-state index is 0. The molecule has 20 heavy (non-hydrogen) atoms. The highest BCUT2D eigenvalue weighted by molar-refractivity contribution is 7.91. The van der Waals surface area contributed by atoms with Gasteiger partial charge >= 0.3 is 0 Å². The Morgan fingerprint density at radius 3 is 2.75 bits per heavy atom. The first-order valence-corrected chi connectivity index (χ1v) is 8.68. The Bertz CT molecular complexity index is 520. The van der Waals surface area contributed by atoms with Crippen molar-refractivity contribution >= 4 is 27.9 Å². The molecule has 1 heterocycles. The van der Waals surface area contributed by atoms with E-state index in [1.165, 1.54) is 11.3 Å². The second-order valence-electron chi connectivity index (χ2n) is 4.94. The molecule has 6 heteroatoms. The van der Waals surface area contributed by atoms with Crippen LogP contribution in [0.25, 0.3) is 0 Å². The average molecular weight is 319 g/mol. The van der Waals surface area contributed by atoms with Crippen molar-refractivity contribution in [2.75, 3.05) is 36.0 Å². The van der Waals surface area contributed by atoms with E-state index in [0.717, 1.165) is 19.6 Å². The van der Waals surface area contributed by atoms with Crippen molar-refractivity contribution in [1.29, 1.82) is 0 Å². The lowest BCUT2D eigenvalue weighted by molar-refractivity contribution is 0.592. The number of para-hydroxylation sites is 1. The molecule has 0 bridgehead atoms. The van der Waals surface area contributed by atoms with Crippen molar-refractivity contribution in [3.8, 4) is 0 Å². The summed E-state index contributed by atoms with van der Waals surface area (Å²) in [6.45, 7) is 5.10. The summed E-state index contributed by atoms with van der Waals surface area (Å²) in [6.07, 6.45) is 0.695. The van der Waals surface area contributed by atoms with Crippen LogP contribution in [0.3, 0.4) is 0 Å². The molecule has 0 radical (unpaired) electrons. The zero-order valence-electron chi connectivity index (χ0n) is 11.8. The highest BCUT2D eigenvalue weighted by atomic mass is 35.5. The third-order valence-electron chi connectivity index (χ3n) is 3.39. The molecule has 0 amide bonds. The fraction of sp³-hybridized carbons (Fsp3) is 0.571. The topological polar surface area (TPSA) is 49.4 Å². The fourth-order valence-corrected chi connectivity index (χ4v) is 3.75. The predicted octanol–water partition coefficient (Wildman–Crippen LogP) is 1.84. The van der Waals surface area contributed by atoms with Crippen LogP contribution < -0.4 is 10.2 Å². The first kappa shape index (κ1) is 17.3. The zero-order valence-corrected chi connectivity index (χ0v) is 13.5. The van der Waals surface area contributed by atoms with Gasteiger partial charge in [0, 0.05) is 37.6 Å². The molecule has 4 nitrogen and oxygen atoms in total. The molecule has 0 saturated heterocycles. The maximum Gasteiger partial charge on any atom is 0.152 e. The quantitative estimate of drug-likeness (QED) is 0.900. The standard InChI is InChI=1S/C14H22N2O2S.ClH/c1-2-10-19(17,18)11-9-16-8-7-15-12-13-5-3-4-6-14(13)16;/h3-6,15H,2,7-12H2,1H3;1H. The van der Waals surface area contributed by atoms with Crippen molar-refractivity contribution in [3.63, 3.8) is 0 Å². The van der Waals surface area contributed by atoms with Crippen LogP contribution >= 0.6 is 12.4 Å². The van der Waals surface area contributed by atoms with Crippen molar-refractivity contribution in [2.45, 2.75) is 19.9 Å².